The molecular formula is C67H44N2OS. The molecule has 0 amide bonds. The zero-order chi connectivity index (χ0) is 47.0. The van der Waals surface area contributed by atoms with Crippen molar-refractivity contribution in [2.45, 2.75) is 6.92 Å². The first kappa shape index (κ1) is 41.1. The maximum absolute atomic E-state index is 7.10. The normalized spacial score (nSPS) is 11.7. The van der Waals surface area contributed by atoms with Gasteiger partial charge in [0.15, 0.2) is 0 Å². The van der Waals surface area contributed by atoms with E-state index in [4.69, 9.17) is 4.42 Å². The van der Waals surface area contributed by atoms with Crippen molar-refractivity contribution < 1.29 is 4.42 Å². The van der Waals surface area contributed by atoms with Gasteiger partial charge < -0.3 is 13.9 Å². The number of aromatic nitrogens is 1. The molecule has 11 aromatic carbocycles. The van der Waals surface area contributed by atoms with E-state index in [1.807, 2.05) is 11.3 Å². The maximum Gasteiger partial charge on any atom is 0.145 e. The van der Waals surface area contributed by atoms with E-state index in [1.165, 1.54) is 75.4 Å². The minimum absolute atomic E-state index is 0.847. The lowest BCUT2D eigenvalue weighted by atomic mass is 9.90. The number of para-hydroxylation sites is 3. The van der Waals surface area contributed by atoms with Gasteiger partial charge in [-0.1, -0.05) is 176 Å². The molecule has 0 bridgehead atoms. The minimum atomic E-state index is 0.847. The largest absolute Gasteiger partial charge is 0.455 e. The number of rotatable bonds is 8. The van der Waals surface area contributed by atoms with Crippen LogP contribution in [0.4, 0.5) is 17.1 Å². The second-order valence-electron chi connectivity index (χ2n) is 18.4. The van der Waals surface area contributed by atoms with Crippen LogP contribution in [0, 0.1) is 6.92 Å². The summed E-state index contributed by atoms with van der Waals surface area (Å²) in [6.45, 7) is 2.28. The van der Waals surface area contributed by atoms with Crippen LogP contribution < -0.4 is 4.90 Å². The fourth-order valence-corrected chi connectivity index (χ4v) is 12.4. The molecule has 3 aromatic heterocycles. The number of hydrogen-bond donors (Lipinski definition) is 0. The average Bonchev–Trinajstić information content (AvgIpc) is 4.12. The maximum atomic E-state index is 7.10. The van der Waals surface area contributed by atoms with Crippen molar-refractivity contribution >= 4 is 92.3 Å². The van der Waals surface area contributed by atoms with Crippen molar-refractivity contribution in [3.63, 3.8) is 0 Å². The summed E-state index contributed by atoms with van der Waals surface area (Å²) >= 11 is 1.86. The van der Waals surface area contributed by atoms with Crippen molar-refractivity contribution in [2.75, 3.05) is 4.90 Å². The standard InChI is InChI=1S/C67H44N2OS/c1-43-50(44-18-4-2-5-19-44)38-40-59(64(43)46-20-6-3-7-21-46)68(48-36-34-45(35-37-48)51-28-17-33-63-65(51)56-27-11-15-32-62(56)71-63)60-41-39-52(67-66(60)55-26-10-14-31-61(55)70-67)47-22-16-23-49(42-47)69-57-29-12-8-24-53(57)54-25-9-13-30-58(54)69/h2-42H,1H3. The lowest BCUT2D eigenvalue weighted by molar-refractivity contribution is 0.670. The highest BCUT2D eigenvalue weighted by atomic mass is 32.1. The van der Waals surface area contributed by atoms with Gasteiger partial charge in [-0.2, -0.15) is 0 Å². The molecule has 4 heteroatoms. The smallest absolute Gasteiger partial charge is 0.145 e. The molecule has 0 aliphatic rings. The van der Waals surface area contributed by atoms with Gasteiger partial charge in [0.2, 0.25) is 0 Å². The zero-order valence-electron chi connectivity index (χ0n) is 38.9. The first-order valence-electron chi connectivity index (χ1n) is 24.2. The zero-order valence-corrected chi connectivity index (χ0v) is 39.7. The number of benzene rings is 11. The molecule has 14 aromatic rings. The Morgan fingerprint density at radius 1 is 0.394 bits per heavy atom. The van der Waals surface area contributed by atoms with E-state index < -0.39 is 0 Å². The molecule has 0 spiro atoms. The fourth-order valence-electron chi connectivity index (χ4n) is 11.2. The second-order valence-corrected chi connectivity index (χ2v) is 19.5. The molecule has 0 aliphatic heterocycles. The van der Waals surface area contributed by atoms with Gasteiger partial charge in [-0.05, 0) is 119 Å². The van der Waals surface area contributed by atoms with E-state index in [9.17, 15) is 0 Å². The van der Waals surface area contributed by atoms with Crippen LogP contribution in [0.2, 0.25) is 0 Å². The Bertz CT molecular complexity index is 4300. The summed E-state index contributed by atoms with van der Waals surface area (Å²) in [6, 6.07) is 90.3. The summed E-state index contributed by atoms with van der Waals surface area (Å²) in [7, 11) is 0. The van der Waals surface area contributed by atoms with Gasteiger partial charge in [0.1, 0.15) is 11.2 Å². The van der Waals surface area contributed by atoms with E-state index in [-0.39, 0.29) is 0 Å². The highest BCUT2D eigenvalue weighted by Gasteiger charge is 2.26. The van der Waals surface area contributed by atoms with Gasteiger partial charge in [-0.15, -0.1) is 11.3 Å². The SMILES string of the molecule is Cc1c(-c2ccccc2)ccc(N(c2ccc(-c3cccc4sc5ccccc5c34)cc2)c2ccc(-c3cccc(-n4c5ccccc5c5ccccc54)c3)c3oc4ccccc4c23)c1-c1ccccc1. The van der Waals surface area contributed by atoms with Gasteiger partial charge in [0, 0.05) is 58.8 Å². The third-order valence-corrected chi connectivity index (χ3v) is 15.5. The van der Waals surface area contributed by atoms with Crippen LogP contribution in [0.5, 0.6) is 0 Å². The quantitative estimate of drug-likeness (QED) is 0.151. The summed E-state index contributed by atoms with van der Waals surface area (Å²) in [5, 5.41) is 7.21. The van der Waals surface area contributed by atoms with Crippen LogP contribution in [0.15, 0.2) is 253 Å². The third-order valence-electron chi connectivity index (χ3n) is 14.4. The van der Waals surface area contributed by atoms with E-state index in [1.54, 1.807) is 0 Å². The highest BCUT2D eigenvalue weighted by molar-refractivity contribution is 7.25. The number of hydrogen-bond acceptors (Lipinski definition) is 3. The van der Waals surface area contributed by atoms with Crippen LogP contribution in [0.3, 0.4) is 0 Å². The first-order chi connectivity index (χ1) is 35.2. The van der Waals surface area contributed by atoms with Crippen molar-refractivity contribution in [3.8, 4) is 50.2 Å². The number of fused-ring (bicyclic) bond motifs is 9. The Labute approximate surface area is 415 Å². The Morgan fingerprint density at radius 2 is 0.972 bits per heavy atom. The Kier molecular flexibility index (Phi) is 9.61. The number of furan rings is 1. The van der Waals surface area contributed by atoms with Crippen molar-refractivity contribution in [3.05, 3.63) is 254 Å². The molecular weight excluding hydrogens is 881 g/mol. The Hall–Kier alpha value is -8.96. The molecule has 0 atom stereocenters. The fraction of sp³-hybridized carbons (Fsp3) is 0.0149. The van der Waals surface area contributed by atoms with Gasteiger partial charge in [-0.3, -0.25) is 0 Å². The summed E-state index contributed by atoms with van der Waals surface area (Å²) in [5.41, 5.74) is 18.8. The molecule has 71 heavy (non-hydrogen) atoms. The van der Waals surface area contributed by atoms with Gasteiger partial charge in [0.25, 0.3) is 0 Å². The van der Waals surface area contributed by atoms with Crippen molar-refractivity contribution in [1.29, 1.82) is 0 Å². The lowest BCUT2D eigenvalue weighted by Gasteiger charge is -2.30. The predicted molar refractivity (Wildman–Crippen MR) is 302 cm³/mol. The Morgan fingerprint density at radius 3 is 1.73 bits per heavy atom. The molecule has 14 rings (SSSR count). The molecule has 3 heterocycles. The van der Waals surface area contributed by atoms with Gasteiger partial charge >= 0.3 is 0 Å². The molecule has 334 valence electrons. The molecule has 0 unspecified atom stereocenters. The van der Waals surface area contributed by atoms with Crippen LogP contribution in [-0.4, -0.2) is 4.57 Å². The molecule has 0 saturated carbocycles. The molecule has 0 fully saturated rings. The predicted octanol–water partition coefficient (Wildman–Crippen LogP) is 19.5. The van der Waals surface area contributed by atoms with E-state index in [0.717, 1.165) is 61.4 Å². The molecule has 0 N–H and O–H groups in total. The molecule has 3 nitrogen and oxygen atoms in total. The van der Waals surface area contributed by atoms with Crippen LogP contribution in [0.25, 0.3) is 114 Å². The van der Waals surface area contributed by atoms with Gasteiger partial charge in [-0.25, -0.2) is 0 Å². The Balaban J connectivity index is 1.01. The molecule has 0 radical (unpaired) electrons. The monoisotopic (exact) mass is 924 g/mol. The number of nitrogens with zero attached hydrogens (tertiary/aromatic N) is 2. The van der Waals surface area contributed by atoms with Crippen LogP contribution in [-0.2, 0) is 0 Å². The van der Waals surface area contributed by atoms with Crippen LogP contribution in [0.1, 0.15) is 5.56 Å². The average molecular weight is 925 g/mol. The number of anilines is 3. The highest BCUT2D eigenvalue weighted by Crippen LogP contribution is 2.51. The van der Waals surface area contributed by atoms with E-state index >= 15 is 0 Å². The number of thiophene rings is 1. The summed E-state index contributed by atoms with van der Waals surface area (Å²) in [5.74, 6) is 0. The third kappa shape index (κ3) is 6.64. The van der Waals surface area contributed by atoms with E-state index in [2.05, 4.69) is 265 Å². The van der Waals surface area contributed by atoms with Gasteiger partial charge in [0.05, 0.1) is 27.8 Å². The second kappa shape index (κ2) is 16.6. The first-order valence-corrected chi connectivity index (χ1v) is 25.1. The summed E-state index contributed by atoms with van der Waals surface area (Å²) in [4.78, 5) is 2.47. The molecule has 0 aliphatic carbocycles. The summed E-state index contributed by atoms with van der Waals surface area (Å²) < 4.78 is 12.1. The van der Waals surface area contributed by atoms with Crippen LogP contribution >= 0.6 is 11.3 Å². The van der Waals surface area contributed by atoms with Crippen molar-refractivity contribution in [1.82, 2.24) is 4.57 Å². The summed E-state index contributed by atoms with van der Waals surface area (Å²) in [6.07, 6.45) is 0. The minimum Gasteiger partial charge on any atom is -0.455 e. The lowest BCUT2D eigenvalue weighted by Crippen LogP contribution is -2.13. The topological polar surface area (TPSA) is 21.3 Å². The van der Waals surface area contributed by atoms with E-state index in [0.29, 0.717) is 0 Å². The molecule has 0 saturated heterocycles. The van der Waals surface area contributed by atoms with Crippen molar-refractivity contribution in [2.24, 2.45) is 0 Å².